The van der Waals surface area contributed by atoms with Crippen LogP contribution in [0.15, 0.2) is 0 Å². The van der Waals surface area contributed by atoms with Gasteiger partial charge in [0, 0.05) is 6.42 Å². The van der Waals surface area contributed by atoms with E-state index in [4.69, 9.17) is 4.74 Å². The molecule has 0 heterocycles. The predicted octanol–water partition coefficient (Wildman–Crippen LogP) is 1.50. The summed E-state index contributed by atoms with van der Waals surface area (Å²) in [6.45, 7) is 2.40. The van der Waals surface area contributed by atoms with Gasteiger partial charge in [-0.1, -0.05) is 6.92 Å². The summed E-state index contributed by atoms with van der Waals surface area (Å²) in [5.41, 5.74) is 0. The summed E-state index contributed by atoms with van der Waals surface area (Å²) in [6.07, 6.45) is 1.04. The van der Waals surface area contributed by atoms with Crippen LogP contribution in [0.4, 0.5) is 4.79 Å². The predicted molar refractivity (Wildman–Crippen MR) is 48.8 cm³/mol. The second-order valence-electron chi connectivity index (χ2n) is 2.58. The average molecular weight is 204 g/mol. The van der Waals surface area contributed by atoms with E-state index in [1.165, 1.54) is 7.11 Å². The highest BCUT2D eigenvalue weighted by Crippen LogP contribution is 1.94. The minimum absolute atomic E-state index is 0.209. The Hall–Kier alpha value is -1.26. The summed E-state index contributed by atoms with van der Waals surface area (Å²) in [5.74, 6) is -0.209. The van der Waals surface area contributed by atoms with Crippen molar-refractivity contribution in [3.05, 3.63) is 0 Å². The van der Waals surface area contributed by atoms with Crippen LogP contribution in [-0.2, 0) is 19.0 Å². The quantitative estimate of drug-likeness (QED) is 0.484. The van der Waals surface area contributed by atoms with Crippen LogP contribution in [0.2, 0.25) is 0 Å². The van der Waals surface area contributed by atoms with Crippen molar-refractivity contribution in [3.63, 3.8) is 0 Å². The Morgan fingerprint density at radius 1 is 1.07 bits per heavy atom. The molecule has 0 amide bonds. The fourth-order valence-electron chi connectivity index (χ4n) is 0.707. The van der Waals surface area contributed by atoms with Crippen LogP contribution in [0.3, 0.4) is 0 Å². The first-order valence-electron chi connectivity index (χ1n) is 4.57. The normalized spacial score (nSPS) is 9.29. The Kier molecular flexibility index (Phi) is 7.59. The Balaban J connectivity index is 3.14. The number of carbonyl (C=O) groups is 2. The molecule has 0 unspecified atom stereocenters. The van der Waals surface area contributed by atoms with Crippen molar-refractivity contribution in [1.29, 1.82) is 0 Å². The summed E-state index contributed by atoms with van der Waals surface area (Å²) in [5, 5.41) is 0. The van der Waals surface area contributed by atoms with Crippen LogP contribution < -0.4 is 0 Å². The SMILES string of the molecule is CCC(=O)OCCCCOC(=O)OC. The first kappa shape index (κ1) is 12.7. The fraction of sp³-hybridized carbons (Fsp3) is 0.778. The van der Waals surface area contributed by atoms with Crippen LogP contribution >= 0.6 is 0 Å². The number of rotatable bonds is 6. The summed E-state index contributed by atoms with van der Waals surface area (Å²) in [6, 6.07) is 0. The number of methoxy groups -OCH3 is 1. The van der Waals surface area contributed by atoms with Crippen LogP contribution in [-0.4, -0.2) is 32.4 Å². The Morgan fingerprint density at radius 2 is 1.64 bits per heavy atom. The summed E-state index contributed by atoms with van der Waals surface area (Å²) in [4.78, 5) is 21.1. The molecule has 0 N–H and O–H groups in total. The topological polar surface area (TPSA) is 61.8 Å². The second-order valence-corrected chi connectivity index (χ2v) is 2.58. The lowest BCUT2D eigenvalue weighted by Crippen LogP contribution is -2.07. The van der Waals surface area contributed by atoms with Gasteiger partial charge in [-0.15, -0.1) is 0 Å². The van der Waals surface area contributed by atoms with E-state index >= 15 is 0 Å². The van der Waals surface area contributed by atoms with Crippen molar-refractivity contribution in [3.8, 4) is 0 Å². The lowest BCUT2D eigenvalue weighted by molar-refractivity contribution is -0.143. The third-order valence-corrected chi connectivity index (χ3v) is 1.48. The molecular weight excluding hydrogens is 188 g/mol. The Morgan fingerprint density at radius 3 is 2.14 bits per heavy atom. The van der Waals surface area contributed by atoms with Crippen molar-refractivity contribution >= 4 is 12.1 Å². The molecule has 14 heavy (non-hydrogen) atoms. The maximum Gasteiger partial charge on any atom is 0.507 e. The van der Waals surface area contributed by atoms with Crippen molar-refractivity contribution in [2.45, 2.75) is 26.2 Å². The number of hydrogen-bond donors (Lipinski definition) is 0. The zero-order chi connectivity index (χ0) is 10.8. The van der Waals surface area contributed by atoms with Gasteiger partial charge in [-0.3, -0.25) is 4.79 Å². The van der Waals surface area contributed by atoms with Crippen LogP contribution in [0.1, 0.15) is 26.2 Å². The fourth-order valence-corrected chi connectivity index (χ4v) is 0.707. The largest absolute Gasteiger partial charge is 0.507 e. The van der Waals surface area contributed by atoms with E-state index in [1.807, 2.05) is 0 Å². The second kappa shape index (κ2) is 8.34. The van der Waals surface area contributed by atoms with E-state index in [9.17, 15) is 9.59 Å². The molecule has 0 atom stereocenters. The van der Waals surface area contributed by atoms with E-state index in [2.05, 4.69) is 9.47 Å². The number of hydrogen-bond acceptors (Lipinski definition) is 5. The number of unbranched alkanes of at least 4 members (excludes halogenated alkanes) is 1. The third-order valence-electron chi connectivity index (χ3n) is 1.48. The molecule has 0 spiro atoms. The monoisotopic (exact) mass is 204 g/mol. The van der Waals surface area contributed by atoms with Gasteiger partial charge in [-0.25, -0.2) is 4.79 Å². The van der Waals surface area contributed by atoms with Gasteiger partial charge in [-0.2, -0.15) is 0 Å². The van der Waals surface area contributed by atoms with Gasteiger partial charge in [0.15, 0.2) is 0 Å². The molecule has 0 aromatic heterocycles. The van der Waals surface area contributed by atoms with Gasteiger partial charge in [-0.05, 0) is 12.8 Å². The highest BCUT2D eigenvalue weighted by molar-refractivity contribution is 5.68. The zero-order valence-corrected chi connectivity index (χ0v) is 8.58. The lowest BCUT2D eigenvalue weighted by atomic mass is 10.3. The van der Waals surface area contributed by atoms with E-state index in [1.54, 1.807) is 6.92 Å². The molecule has 5 nitrogen and oxygen atoms in total. The minimum atomic E-state index is -0.685. The smallest absolute Gasteiger partial charge is 0.466 e. The van der Waals surface area contributed by atoms with Crippen LogP contribution in [0.25, 0.3) is 0 Å². The third kappa shape index (κ3) is 7.39. The lowest BCUT2D eigenvalue weighted by Gasteiger charge is -2.03. The first-order valence-corrected chi connectivity index (χ1v) is 4.57. The van der Waals surface area contributed by atoms with E-state index in [0.29, 0.717) is 25.9 Å². The summed E-state index contributed by atoms with van der Waals surface area (Å²) in [7, 11) is 1.26. The molecule has 0 fully saturated rings. The maximum absolute atomic E-state index is 10.7. The number of ether oxygens (including phenoxy) is 3. The highest BCUT2D eigenvalue weighted by Gasteiger charge is 2.00. The van der Waals surface area contributed by atoms with Gasteiger partial charge in [0.1, 0.15) is 0 Å². The molecule has 0 aromatic rings. The molecule has 0 saturated carbocycles. The van der Waals surface area contributed by atoms with Gasteiger partial charge in [0.25, 0.3) is 0 Å². The van der Waals surface area contributed by atoms with Crippen LogP contribution in [0.5, 0.6) is 0 Å². The number of esters is 1. The molecule has 0 rings (SSSR count). The minimum Gasteiger partial charge on any atom is -0.466 e. The maximum atomic E-state index is 10.7. The van der Waals surface area contributed by atoms with E-state index in [0.717, 1.165) is 0 Å². The van der Waals surface area contributed by atoms with Gasteiger partial charge < -0.3 is 14.2 Å². The van der Waals surface area contributed by atoms with Crippen molar-refractivity contribution < 1.29 is 23.8 Å². The average Bonchev–Trinajstić information content (AvgIpc) is 2.22. The molecule has 0 aliphatic rings. The van der Waals surface area contributed by atoms with E-state index in [-0.39, 0.29) is 12.6 Å². The molecule has 0 saturated heterocycles. The van der Waals surface area contributed by atoms with Gasteiger partial charge >= 0.3 is 12.1 Å². The van der Waals surface area contributed by atoms with Gasteiger partial charge in [0.2, 0.25) is 0 Å². The van der Waals surface area contributed by atoms with Crippen LogP contribution in [0, 0.1) is 0 Å². The van der Waals surface area contributed by atoms with Crippen molar-refractivity contribution in [1.82, 2.24) is 0 Å². The van der Waals surface area contributed by atoms with Gasteiger partial charge in [0.05, 0.1) is 20.3 Å². The molecule has 5 heteroatoms. The summed E-state index contributed by atoms with van der Waals surface area (Å²) < 4.78 is 13.7. The Labute approximate surface area is 83.3 Å². The molecule has 82 valence electrons. The Bertz CT molecular complexity index is 158. The zero-order valence-electron chi connectivity index (χ0n) is 8.58. The van der Waals surface area contributed by atoms with E-state index < -0.39 is 6.16 Å². The molecule has 0 bridgehead atoms. The molecule has 0 aliphatic carbocycles. The molecule has 0 aliphatic heterocycles. The first-order chi connectivity index (χ1) is 6.70. The molecule has 0 radical (unpaired) electrons. The van der Waals surface area contributed by atoms with Crippen molar-refractivity contribution in [2.75, 3.05) is 20.3 Å². The molecule has 0 aromatic carbocycles. The highest BCUT2D eigenvalue weighted by atomic mass is 16.7. The molecular formula is C9H16O5. The van der Waals surface area contributed by atoms with Crippen molar-refractivity contribution in [2.24, 2.45) is 0 Å². The summed E-state index contributed by atoms with van der Waals surface area (Å²) >= 11 is 0. The standard InChI is InChI=1S/C9H16O5/c1-3-8(10)13-6-4-5-7-14-9(11)12-2/h3-7H2,1-2H3. The number of carbonyl (C=O) groups excluding carboxylic acids is 2.